The van der Waals surface area contributed by atoms with Crippen molar-refractivity contribution in [2.45, 2.75) is 49.8 Å². The number of benzene rings is 1. The van der Waals surface area contributed by atoms with Crippen LogP contribution in [0.2, 0.25) is 0 Å². The van der Waals surface area contributed by atoms with Crippen molar-refractivity contribution in [2.24, 2.45) is 0 Å². The Bertz CT molecular complexity index is 319. The van der Waals surface area contributed by atoms with Gasteiger partial charge in [-0.15, -0.1) is 0 Å². The number of halogens is 1. The van der Waals surface area contributed by atoms with Crippen LogP contribution in [0.1, 0.15) is 49.7 Å². The highest BCUT2D eigenvalue weighted by atomic mass is 79.9. The van der Waals surface area contributed by atoms with E-state index in [9.17, 15) is 0 Å². The van der Waals surface area contributed by atoms with Gasteiger partial charge >= 0.3 is 0 Å². The number of rotatable bonds is 3. The molecule has 2 rings (SSSR count). The van der Waals surface area contributed by atoms with Crippen molar-refractivity contribution in [3.63, 3.8) is 0 Å². The quantitative estimate of drug-likeness (QED) is 0.698. The molecule has 0 aromatic heterocycles. The molecule has 1 aromatic carbocycles. The van der Waals surface area contributed by atoms with Crippen molar-refractivity contribution in [3.05, 3.63) is 35.4 Å². The van der Waals surface area contributed by atoms with Gasteiger partial charge in [0.15, 0.2) is 0 Å². The van der Waals surface area contributed by atoms with Crippen molar-refractivity contribution in [1.82, 2.24) is 0 Å². The lowest BCUT2D eigenvalue weighted by molar-refractivity contribution is 0.740. The summed E-state index contributed by atoms with van der Waals surface area (Å²) in [6.07, 6.45) is 6.52. The number of aryl methyl sites for hydroxylation is 1. The Balaban J connectivity index is 2.16. The van der Waals surface area contributed by atoms with E-state index in [1.807, 2.05) is 0 Å². The van der Waals surface area contributed by atoms with E-state index < -0.39 is 0 Å². The molecule has 0 saturated heterocycles. The highest BCUT2D eigenvalue weighted by molar-refractivity contribution is 9.09. The summed E-state index contributed by atoms with van der Waals surface area (Å²) in [5.74, 6) is 0.752. The second kappa shape index (κ2) is 5.16. The first-order valence-corrected chi connectivity index (χ1v) is 6.95. The van der Waals surface area contributed by atoms with Gasteiger partial charge < -0.3 is 0 Å². The first-order chi connectivity index (χ1) is 7.31. The second-order valence-electron chi connectivity index (χ2n) is 4.55. The van der Waals surface area contributed by atoms with Gasteiger partial charge in [-0.1, -0.05) is 60.0 Å². The molecule has 1 aliphatic rings. The van der Waals surface area contributed by atoms with Gasteiger partial charge in [0.2, 0.25) is 0 Å². The first-order valence-electron chi connectivity index (χ1n) is 6.04. The average molecular weight is 267 g/mol. The summed E-state index contributed by atoms with van der Waals surface area (Å²) in [7, 11) is 0. The van der Waals surface area contributed by atoms with Gasteiger partial charge in [-0.3, -0.25) is 0 Å². The topological polar surface area (TPSA) is 0 Å². The molecule has 0 N–H and O–H groups in total. The predicted octanol–water partition coefficient (Wildman–Crippen LogP) is 4.67. The lowest BCUT2D eigenvalue weighted by Gasteiger charge is -2.15. The second-order valence-corrected chi connectivity index (χ2v) is 5.72. The molecule has 0 aliphatic heterocycles. The number of hydrogen-bond donors (Lipinski definition) is 0. The van der Waals surface area contributed by atoms with Crippen LogP contribution in [-0.4, -0.2) is 4.83 Å². The lowest BCUT2D eigenvalue weighted by atomic mass is 9.95. The molecule has 0 amide bonds. The number of hydrogen-bond acceptors (Lipinski definition) is 0. The van der Waals surface area contributed by atoms with Gasteiger partial charge in [-0.25, -0.2) is 0 Å². The van der Waals surface area contributed by atoms with Crippen LogP contribution in [0, 0.1) is 0 Å². The summed E-state index contributed by atoms with van der Waals surface area (Å²) in [6.45, 7) is 2.25. The van der Waals surface area contributed by atoms with E-state index in [-0.39, 0.29) is 0 Å². The Hall–Kier alpha value is -0.300. The van der Waals surface area contributed by atoms with Crippen LogP contribution < -0.4 is 0 Å². The molecule has 15 heavy (non-hydrogen) atoms. The van der Waals surface area contributed by atoms with Gasteiger partial charge in [-0.05, 0) is 36.3 Å². The van der Waals surface area contributed by atoms with Gasteiger partial charge in [0.25, 0.3) is 0 Å². The minimum absolute atomic E-state index is 0.703. The van der Waals surface area contributed by atoms with E-state index in [1.165, 1.54) is 37.7 Å². The van der Waals surface area contributed by atoms with Gasteiger partial charge in [0, 0.05) is 4.83 Å². The highest BCUT2D eigenvalue weighted by Crippen LogP contribution is 2.39. The fraction of sp³-hybridized carbons (Fsp3) is 0.571. The Morgan fingerprint density at radius 3 is 2.87 bits per heavy atom. The largest absolute Gasteiger partial charge is 0.0884 e. The fourth-order valence-electron chi connectivity index (χ4n) is 2.56. The van der Waals surface area contributed by atoms with E-state index in [4.69, 9.17) is 0 Å². The summed E-state index contributed by atoms with van der Waals surface area (Å²) in [5.41, 5.74) is 3.04. The van der Waals surface area contributed by atoms with Crippen LogP contribution in [0.25, 0.3) is 0 Å². The van der Waals surface area contributed by atoms with E-state index in [0.29, 0.717) is 4.83 Å². The lowest BCUT2D eigenvalue weighted by Crippen LogP contribution is -2.04. The molecule has 82 valence electrons. The van der Waals surface area contributed by atoms with Crippen LogP contribution in [0.4, 0.5) is 0 Å². The molecular formula is C14H19Br. The minimum atomic E-state index is 0.703. The van der Waals surface area contributed by atoms with Gasteiger partial charge in [0.05, 0.1) is 0 Å². The maximum Gasteiger partial charge on any atom is 0.0214 e. The van der Waals surface area contributed by atoms with E-state index in [2.05, 4.69) is 47.1 Å². The molecular weight excluding hydrogens is 248 g/mol. The van der Waals surface area contributed by atoms with E-state index in [1.54, 1.807) is 5.56 Å². The summed E-state index contributed by atoms with van der Waals surface area (Å²) in [4.78, 5) is 0.703. The van der Waals surface area contributed by atoms with Crippen LogP contribution in [0.3, 0.4) is 0 Å². The molecule has 1 heteroatoms. The van der Waals surface area contributed by atoms with Crippen molar-refractivity contribution in [2.75, 3.05) is 0 Å². The molecule has 0 spiro atoms. The Labute approximate surface area is 101 Å². The zero-order valence-electron chi connectivity index (χ0n) is 9.38. The maximum absolute atomic E-state index is 3.80. The van der Waals surface area contributed by atoms with Crippen molar-refractivity contribution < 1.29 is 0 Å². The fourth-order valence-corrected chi connectivity index (χ4v) is 3.45. The van der Waals surface area contributed by atoms with Crippen LogP contribution in [0.5, 0.6) is 0 Å². The van der Waals surface area contributed by atoms with Crippen LogP contribution in [-0.2, 0) is 6.42 Å². The third-order valence-electron chi connectivity index (χ3n) is 3.35. The van der Waals surface area contributed by atoms with Crippen molar-refractivity contribution in [1.29, 1.82) is 0 Å². The average Bonchev–Trinajstić information content (AvgIpc) is 2.65. The summed E-state index contributed by atoms with van der Waals surface area (Å²) in [5, 5.41) is 0. The van der Waals surface area contributed by atoms with Gasteiger partial charge in [0.1, 0.15) is 0 Å². The SMILES string of the molecule is CCCc1cccc(C2CCCC2Br)c1. The molecule has 0 bridgehead atoms. The summed E-state index contributed by atoms with van der Waals surface area (Å²) < 4.78 is 0. The minimum Gasteiger partial charge on any atom is -0.0884 e. The predicted molar refractivity (Wildman–Crippen MR) is 69.7 cm³/mol. The Morgan fingerprint density at radius 2 is 2.20 bits per heavy atom. The van der Waals surface area contributed by atoms with Crippen LogP contribution >= 0.6 is 15.9 Å². The van der Waals surface area contributed by atoms with Crippen molar-refractivity contribution in [3.8, 4) is 0 Å². The van der Waals surface area contributed by atoms with Gasteiger partial charge in [-0.2, -0.15) is 0 Å². The normalized spacial score (nSPS) is 25.7. The molecule has 1 aliphatic carbocycles. The molecule has 1 saturated carbocycles. The van der Waals surface area contributed by atoms with E-state index in [0.717, 1.165) is 5.92 Å². The maximum atomic E-state index is 3.80. The molecule has 2 unspecified atom stereocenters. The molecule has 1 aromatic rings. The third kappa shape index (κ3) is 2.63. The zero-order chi connectivity index (χ0) is 10.7. The monoisotopic (exact) mass is 266 g/mol. The van der Waals surface area contributed by atoms with Crippen LogP contribution in [0.15, 0.2) is 24.3 Å². The first kappa shape index (κ1) is 11.2. The van der Waals surface area contributed by atoms with E-state index >= 15 is 0 Å². The zero-order valence-corrected chi connectivity index (χ0v) is 11.0. The summed E-state index contributed by atoms with van der Waals surface area (Å²) in [6, 6.07) is 9.18. The Kier molecular flexibility index (Phi) is 3.85. The highest BCUT2D eigenvalue weighted by Gasteiger charge is 2.26. The number of alkyl halides is 1. The standard InChI is InChI=1S/C14H19Br/c1-2-5-11-6-3-7-12(10-11)13-8-4-9-14(13)15/h3,6-7,10,13-14H,2,4-5,8-9H2,1H3. The molecule has 0 radical (unpaired) electrons. The molecule has 0 heterocycles. The summed E-state index contributed by atoms with van der Waals surface area (Å²) >= 11 is 3.80. The molecule has 1 fully saturated rings. The van der Waals surface area contributed by atoms with Crippen molar-refractivity contribution >= 4 is 15.9 Å². The third-order valence-corrected chi connectivity index (χ3v) is 4.45. The molecule has 0 nitrogen and oxygen atoms in total. The Morgan fingerprint density at radius 1 is 1.33 bits per heavy atom. The molecule has 2 atom stereocenters. The smallest absolute Gasteiger partial charge is 0.0214 e.